The first-order valence-corrected chi connectivity index (χ1v) is 10.9. The SMILES string of the molecule is COc1ccc(-c2nc(CN3CCN(C(=O)Nc4cccc5ccccc45)CC3)no2)cc1. The summed E-state index contributed by atoms with van der Waals surface area (Å²) < 4.78 is 10.6. The molecule has 1 aliphatic heterocycles. The van der Waals surface area contributed by atoms with Gasteiger partial charge in [0.15, 0.2) is 5.82 Å². The number of hydrogen-bond acceptors (Lipinski definition) is 6. The van der Waals surface area contributed by atoms with Crippen LogP contribution in [-0.4, -0.2) is 59.3 Å². The maximum absolute atomic E-state index is 12.8. The fourth-order valence-corrected chi connectivity index (χ4v) is 4.01. The van der Waals surface area contributed by atoms with E-state index in [0.717, 1.165) is 40.9 Å². The molecular formula is C25H25N5O3. The number of methoxy groups -OCH3 is 1. The van der Waals surface area contributed by atoms with E-state index in [4.69, 9.17) is 9.26 Å². The van der Waals surface area contributed by atoms with Crippen molar-refractivity contribution >= 4 is 22.5 Å². The predicted molar refractivity (Wildman–Crippen MR) is 126 cm³/mol. The first-order chi connectivity index (χ1) is 16.2. The van der Waals surface area contributed by atoms with Gasteiger partial charge < -0.3 is 19.5 Å². The van der Waals surface area contributed by atoms with Gasteiger partial charge >= 0.3 is 6.03 Å². The number of hydrogen-bond donors (Lipinski definition) is 1. The van der Waals surface area contributed by atoms with Crippen molar-refractivity contribution in [2.75, 3.05) is 38.6 Å². The Morgan fingerprint density at radius 2 is 1.76 bits per heavy atom. The third-order valence-corrected chi connectivity index (χ3v) is 5.86. The van der Waals surface area contributed by atoms with Gasteiger partial charge in [-0.3, -0.25) is 4.90 Å². The Bertz CT molecular complexity index is 1240. The lowest BCUT2D eigenvalue weighted by Crippen LogP contribution is -2.49. The molecule has 8 nitrogen and oxygen atoms in total. The Hall–Kier alpha value is -3.91. The van der Waals surface area contributed by atoms with E-state index in [1.54, 1.807) is 7.11 Å². The van der Waals surface area contributed by atoms with Crippen LogP contribution >= 0.6 is 0 Å². The molecule has 2 amide bonds. The van der Waals surface area contributed by atoms with E-state index in [1.165, 1.54) is 0 Å². The average Bonchev–Trinajstić information content (AvgIpc) is 3.33. The number of carbonyl (C=O) groups excluding carboxylic acids is 1. The van der Waals surface area contributed by atoms with E-state index in [0.29, 0.717) is 31.3 Å². The summed E-state index contributed by atoms with van der Waals surface area (Å²) in [6, 6.07) is 21.4. The molecule has 0 aliphatic carbocycles. The van der Waals surface area contributed by atoms with Crippen molar-refractivity contribution in [3.8, 4) is 17.2 Å². The fourth-order valence-electron chi connectivity index (χ4n) is 4.01. The third kappa shape index (κ3) is 4.65. The molecule has 0 atom stereocenters. The topological polar surface area (TPSA) is 83.7 Å². The number of carbonyl (C=O) groups is 1. The van der Waals surface area contributed by atoms with Crippen molar-refractivity contribution in [1.82, 2.24) is 19.9 Å². The van der Waals surface area contributed by atoms with Crippen molar-refractivity contribution in [3.63, 3.8) is 0 Å². The first-order valence-electron chi connectivity index (χ1n) is 10.9. The van der Waals surface area contributed by atoms with Crippen molar-refractivity contribution in [1.29, 1.82) is 0 Å². The number of aromatic nitrogens is 2. The van der Waals surface area contributed by atoms with Gasteiger partial charge in [-0.1, -0.05) is 41.6 Å². The molecular weight excluding hydrogens is 418 g/mol. The number of urea groups is 1. The van der Waals surface area contributed by atoms with Crippen LogP contribution in [-0.2, 0) is 6.54 Å². The molecule has 8 heteroatoms. The summed E-state index contributed by atoms with van der Waals surface area (Å²) in [6.45, 7) is 3.35. The molecule has 1 aromatic heterocycles. The minimum absolute atomic E-state index is 0.0765. The molecule has 1 aliphatic rings. The Morgan fingerprint density at radius 3 is 2.55 bits per heavy atom. The molecule has 0 spiro atoms. The predicted octanol–water partition coefficient (Wildman–Crippen LogP) is 4.25. The van der Waals surface area contributed by atoms with E-state index in [9.17, 15) is 4.79 Å². The molecule has 0 unspecified atom stereocenters. The lowest BCUT2D eigenvalue weighted by Gasteiger charge is -2.34. The molecule has 0 saturated carbocycles. The molecule has 33 heavy (non-hydrogen) atoms. The van der Waals surface area contributed by atoms with Crippen molar-refractivity contribution in [2.24, 2.45) is 0 Å². The van der Waals surface area contributed by atoms with E-state index in [-0.39, 0.29) is 6.03 Å². The highest BCUT2D eigenvalue weighted by Crippen LogP contribution is 2.24. The van der Waals surface area contributed by atoms with Crippen LogP contribution in [0.5, 0.6) is 5.75 Å². The molecule has 0 radical (unpaired) electrons. The Kier molecular flexibility index (Phi) is 5.91. The minimum atomic E-state index is -0.0765. The van der Waals surface area contributed by atoms with Crippen molar-refractivity contribution in [3.05, 3.63) is 72.6 Å². The summed E-state index contributed by atoms with van der Waals surface area (Å²) in [4.78, 5) is 21.4. The minimum Gasteiger partial charge on any atom is -0.497 e. The Morgan fingerprint density at radius 1 is 1.00 bits per heavy atom. The maximum Gasteiger partial charge on any atom is 0.321 e. The number of ether oxygens (including phenoxy) is 1. The number of piperazine rings is 1. The molecule has 1 N–H and O–H groups in total. The monoisotopic (exact) mass is 443 g/mol. The zero-order valence-electron chi connectivity index (χ0n) is 18.4. The number of benzene rings is 3. The standard InChI is InChI=1S/C25H25N5O3/c1-32-20-11-9-19(10-12-20)24-27-23(28-33-24)17-29-13-15-30(16-14-29)25(31)26-22-8-4-6-18-5-2-3-7-21(18)22/h2-12H,13-17H2,1H3,(H,26,31). The highest BCUT2D eigenvalue weighted by molar-refractivity contribution is 6.01. The molecule has 1 saturated heterocycles. The second kappa shape index (κ2) is 9.30. The number of fused-ring (bicyclic) bond motifs is 1. The molecule has 2 heterocycles. The van der Waals surface area contributed by atoms with Crippen LogP contribution in [0, 0.1) is 0 Å². The number of anilines is 1. The van der Waals surface area contributed by atoms with Gasteiger partial charge in [0.1, 0.15) is 5.75 Å². The number of amides is 2. The average molecular weight is 444 g/mol. The molecule has 1 fully saturated rings. The van der Waals surface area contributed by atoms with Crippen LogP contribution in [0.3, 0.4) is 0 Å². The lowest BCUT2D eigenvalue weighted by atomic mass is 10.1. The summed E-state index contributed by atoms with van der Waals surface area (Å²) in [5.74, 6) is 1.90. The lowest BCUT2D eigenvalue weighted by molar-refractivity contribution is 0.140. The van der Waals surface area contributed by atoms with Gasteiger partial charge in [0.25, 0.3) is 5.89 Å². The van der Waals surface area contributed by atoms with Gasteiger partial charge in [-0.15, -0.1) is 0 Å². The van der Waals surface area contributed by atoms with Crippen molar-refractivity contribution < 1.29 is 14.1 Å². The molecule has 5 rings (SSSR count). The smallest absolute Gasteiger partial charge is 0.321 e. The van der Waals surface area contributed by atoms with Gasteiger partial charge in [0.05, 0.1) is 19.3 Å². The van der Waals surface area contributed by atoms with Crippen LogP contribution in [0.4, 0.5) is 10.5 Å². The zero-order chi connectivity index (χ0) is 22.6. The summed E-state index contributed by atoms with van der Waals surface area (Å²) in [6.07, 6.45) is 0. The normalized spacial score (nSPS) is 14.4. The quantitative estimate of drug-likeness (QED) is 0.497. The maximum atomic E-state index is 12.8. The van der Waals surface area contributed by atoms with Gasteiger partial charge in [-0.05, 0) is 35.7 Å². The van der Waals surface area contributed by atoms with Crippen molar-refractivity contribution in [2.45, 2.75) is 6.54 Å². The molecule has 0 bridgehead atoms. The van der Waals surface area contributed by atoms with Gasteiger partial charge in [0, 0.05) is 37.1 Å². The van der Waals surface area contributed by atoms with Crippen LogP contribution in [0.1, 0.15) is 5.82 Å². The van der Waals surface area contributed by atoms with Crippen LogP contribution in [0.25, 0.3) is 22.2 Å². The fraction of sp³-hybridized carbons (Fsp3) is 0.240. The van der Waals surface area contributed by atoms with Crippen LogP contribution < -0.4 is 10.1 Å². The van der Waals surface area contributed by atoms with E-state index in [1.807, 2.05) is 71.6 Å². The van der Waals surface area contributed by atoms with Crippen LogP contribution in [0.2, 0.25) is 0 Å². The zero-order valence-corrected chi connectivity index (χ0v) is 18.4. The highest BCUT2D eigenvalue weighted by Gasteiger charge is 2.23. The van der Waals surface area contributed by atoms with Gasteiger partial charge in [-0.2, -0.15) is 4.98 Å². The first kappa shape index (κ1) is 21.0. The molecule has 4 aromatic rings. The molecule has 168 valence electrons. The number of nitrogens with one attached hydrogen (secondary N) is 1. The summed E-state index contributed by atoms with van der Waals surface area (Å²) in [7, 11) is 1.63. The highest BCUT2D eigenvalue weighted by atomic mass is 16.5. The third-order valence-electron chi connectivity index (χ3n) is 5.86. The summed E-state index contributed by atoms with van der Waals surface area (Å²) >= 11 is 0. The second-order valence-electron chi connectivity index (χ2n) is 7.96. The Balaban J connectivity index is 1.16. The van der Waals surface area contributed by atoms with E-state index < -0.39 is 0 Å². The van der Waals surface area contributed by atoms with Gasteiger partial charge in [-0.25, -0.2) is 4.79 Å². The molecule has 3 aromatic carbocycles. The summed E-state index contributed by atoms with van der Waals surface area (Å²) in [5, 5.41) is 9.33. The number of nitrogens with zero attached hydrogens (tertiary/aromatic N) is 4. The van der Waals surface area contributed by atoms with Crippen LogP contribution in [0.15, 0.2) is 71.3 Å². The second-order valence-corrected chi connectivity index (χ2v) is 7.96. The van der Waals surface area contributed by atoms with E-state index >= 15 is 0 Å². The van der Waals surface area contributed by atoms with Gasteiger partial charge in [0.2, 0.25) is 0 Å². The summed E-state index contributed by atoms with van der Waals surface area (Å²) in [5.41, 5.74) is 1.68. The van der Waals surface area contributed by atoms with E-state index in [2.05, 4.69) is 20.4 Å². The number of rotatable bonds is 5. The largest absolute Gasteiger partial charge is 0.497 e. The Labute approximate surface area is 191 Å².